The summed E-state index contributed by atoms with van der Waals surface area (Å²) in [4.78, 5) is 24.6. The molecule has 0 radical (unpaired) electrons. The summed E-state index contributed by atoms with van der Waals surface area (Å²) >= 11 is 0. The van der Waals surface area contributed by atoms with Gasteiger partial charge in [-0.3, -0.25) is 0 Å². The Kier molecular flexibility index (Phi) is 8.37. The topological polar surface area (TPSA) is 115 Å². The van der Waals surface area contributed by atoms with E-state index >= 15 is 0 Å². The number of hydrogen-bond donors (Lipinski definition) is 2. The van der Waals surface area contributed by atoms with Gasteiger partial charge in [-0.2, -0.15) is 0 Å². The number of hydrogen-bond acceptors (Lipinski definition) is 8. The standard InChI is InChI=1S/C22H25NO7/c1-14(12-23)20(30-22(26)16-6-10-18(28-3)11-7-16)19(24)13-29-21(25)15-4-8-17(27-2)9-5-15/h4-12,14,19-20,23-24H,13H2,1-3H3/t14-,19-,20+/m1/s1. The molecular formula is C22H25NO7. The van der Waals surface area contributed by atoms with Crippen LogP contribution in [0.25, 0.3) is 0 Å². The van der Waals surface area contributed by atoms with Crippen molar-refractivity contribution in [3.8, 4) is 11.5 Å². The summed E-state index contributed by atoms with van der Waals surface area (Å²) in [5, 5.41) is 17.9. The van der Waals surface area contributed by atoms with Gasteiger partial charge < -0.3 is 29.5 Å². The molecule has 0 fully saturated rings. The molecule has 2 aromatic rings. The molecule has 2 N–H and O–H groups in total. The maximum Gasteiger partial charge on any atom is 0.338 e. The van der Waals surface area contributed by atoms with Crippen molar-refractivity contribution in [3.05, 3.63) is 59.7 Å². The van der Waals surface area contributed by atoms with E-state index in [2.05, 4.69) is 0 Å². The molecule has 0 aliphatic carbocycles. The van der Waals surface area contributed by atoms with E-state index in [-0.39, 0.29) is 11.1 Å². The fourth-order valence-electron chi connectivity index (χ4n) is 2.62. The number of rotatable bonds is 10. The average Bonchev–Trinajstić information content (AvgIpc) is 2.80. The zero-order valence-electron chi connectivity index (χ0n) is 17.0. The third-order valence-electron chi connectivity index (χ3n) is 4.44. The Labute approximate surface area is 174 Å². The number of benzene rings is 2. The zero-order valence-corrected chi connectivity index (χ0v) is 17.0. The second kappa shape index (κ2) is 11.0. The lowest BCUT2D eigenvalue weighted by atomic mass is 10.0. The van der Waals surface area contributed by atoms with Crippen LogP contribution in [0.5, 0.6) is 11.5 Å². The average molecular weight is 415 g/mol. The first-order chi connectivity index (χ1) is 14.4. The van der Waals surface area contributed by atoms with E-state index in [0.29, 0.717) is 11.5 Å². The highest BCUT2D eigenvalue weighted by molar-refractivity contribution is 5.90. The lowest BCUT2D eigenvalue weighted by molar-refractivity contribution is -0.0526. The van der Waals surface area contributed by atoms with Crippen LogP contribution < -0.4 is 9.47 Å². The van der Waals surface area contributed by atoms with E-state index in [1.807, 2.05) is 0 Å². The van der Waals surface area contributed by atoms with E-state index in [9.17, 15) is 14.7 Å². The molecule has 8 nitrogen and oxygen atoms in total. The van der Waals surface area contributed by atoms with Crippen LogP contribution in [0, 0.1) is 11.3 Å². The van der Waals surface area contributed by atoms with Crippen LogP contribution in [0.2, 0.25) is 0 Å². The molecule has 0 aliphatic rings. The normalized spacial score (nSPS) is 13.5. The second-order valence-electron chi connectivity index (χ2n) is 6.52. The summed E-state index contributed by atoms with van der Waals surface area (Å²) in [6.07, 6.45) is -1.33. The van der Waals surface area contributed by atoms with Gasteiger partial charge in [-0.25, -0.2) is 9.59 Å². The molecule has 0 aromatic heterocycles. The van der Waals surface area contributed by atoms with Gasteiger partial charge in [0.1, 0.15) is 30.3 Å². The summed E-state index contributed by atoms with van der Waals surface area (Å²) in [5.41, 5.74) is 0.551. The van der Waals surface area contributed by atoms with Gasteiger partial charge in [0.25, 0.3) is 0 Å². The van der Waals surface area contributed by atoms with Crippen LogP contribution in [0.15, 0.2) is 48.5 Å². The fourth-order valence-corrected chi connectivity index (χ4v) is 2.62. The molecule has 0 saturated heterocycles. The van der Waals surface area contributed by atoms with Crippen LogP contribution >= 0.6 is 0 Å². The van der Waals surface area contributed by atoms with Crippen molar-refractivity contribution in [1.82, 2.24) is 0 Å². The maximum atomic E-state index is 12.4. The molecule has 0 bridgehead atoms. The fraction of sp³-hybridized carbons (Fsp3) is 0.318. The number of carbonyl (C=O) groups is 2. The Balaban J connectivity index is 2.01. The molecule has 2 aromatic carbocycles. The minimum atomic E-state index is -1.31. The van der Waals surface area contributed by atoms with Gasteiger partial charge >= 0.3 is 11.9 Å². The minimum Gasteiger partial charge on any atom is -0.497 e. The summed E-state index contributed by atoms with van der Waals surface area (Å²) in [6.45, 7) is 1.22. The molecule has 160 valence electrons. The van der Waals surface area contributed by atoms with Crippen molar-refractivity contribution < 1.29 is 33.6 Å². The molecule has 0 saturated carbocycles. The number of methoxy groups -OCH3 is 2. The first-order valence-corrected chi connectivity index (χ1v) is 9.24. The summed E-state index contributed by atoms with van der Waals surface area (Å²) in [6, 6.07) is 12.6. The SMILES string of the molecule is COc1ccc(C(=O)OC[C@@H](O)[C@@H](OC(=O)c2ccc(OC)cc2)[C@H](C)C=N)cc1. The first-order valence-electron chi connectivity index (χ1n) is 9.24. The highest BCUT2D eigenvalue weighted by Crippen LogP contribution is 2.18. The van der Waals surface area contributed by atoms with E-state index in [1.165, 1.54) is 38.5 Å². The Morgan fingerprint density at radius 1 is 0.933 bits per heavy atom. The monoisotopic (exact) mass is 415 g/mol. The first kappa shape index (κ1) is 22.9. The number of esters is 2. The smallest absolute Gasteiger partial charge is 0.338 e. The highest BCUT2D eigenvalue weighted by Gasteiger charge is 2.30. The summed E-state index contributed by atoms with van der Waals surface area (Å²) in [5.74, 6) is -0.725. The van der Waals surface area contributed by atoms with Crippen LogP contribution in [0.4, 0.5) is 0 Å². The number of ether oxygens (including phenoxy) is 4. The van der Waals surface area contributed by atoms with E-state index in [1.54, 1.807) is 31.2 Å². The van der Waals surface area contributed by atoms with Gasteiger partial charge in [0.15, 0.2) is 0 Å². The van der Waals surface area contributed by atoms with Crippen LogP contribution in [0.3, 0.4) is 0 Å². The van der Waals surface area contributed by atoms with Crippen molar-refractivity contribution in [3.63, 3.8) is 0 Å². The number of aliphatic hydroxyl groups is 1. The number of carbonyl (C=O) groups excluding carboxylic acids is 2. The van der Waals surface area contributed by atoms with Crippen molar-refractivity contribution in [2.75, 3.05) is 20.8 Å². The Morgan fingerprint density at radius 3 is 1.83 bits per heavy atom. The lowest BCUT2D eigenvalue weighted by Crippen LogP contribution is -2.40. The van der Waals surface area contributed by atoms with E-state index in [4.69, 9.17) is 24.4 Å². The second-order valence-corrected chi connectivity index (χ2v) is 6.52. The van der Waals surface area contributed by atoms with Gasteiger partial charge in [0.2, 0.25) is 0 Å². The minimum absolute atomic E-state index is 0.264. The molecule has 0 aliphatic heterocycles. The van der Waals surface area contributed by atoms with Gasteiger partial charge in [0.05, 0.1) is 25.3 Å². The van der Waals surface area contributed by atoms with Crippen molar-refractivity contribution in [2.24, 2.45) is 5.92 Å². The number of aliphatic hydroxyl groups excluding tert-OH is 1. The predicted molar refractivity (Wildman–Crippen MR) is 109 cm³/mol. The summed E-state index contributed by atoms with van der Waals surface area (Å²) in [7, 11) is 3.03. The van der Waals surface area contributed by atoms with Crippen LogP contribution in [-0.2, 0) is 9.47 Å². The van der Waals surface area contributed by atoms with Gasteiger partial charge in [0, 0.05) is 12.1 Å². The lowest BCUT2D eigenvalue weighted by Gasteiger charge is -2.26. The predicted octanol–water partition coefficient (Wildman–Crippen LogP) is 2.73. The van der Waals surface area contributed by atoms with Crippen molar-refractivity contribution >= 4 is 18.2 Å². The summed E-state index contributed by atoms with van der Waals surface area (Å²) < 4.78 is 20.6. The van der Waals surface area contributed by atoms with Gasteiger partial charge in [-0.15, -0.1) is 0 Å². The third kappa shape index (κ3) is 6.05. The van der Waals surface area contributed by atoms with Gasteiger partial charge in [-0.05, 0) is 48.5 Å². The molecule has 8 heteroatoms. The maximum absolute atomic E-state index is 12.4. The molecule has 30 heavy (non-hydrogen) atoms. The highest BCUT2D eigenvalue weighted by atomic mass is 16.6. The van der Waals surface area contributed by atoms with E-state index < -0.39 is 36.7 Å². The Bertz CT molecular complexity index is 849. The molecule has 3 atom stereocenters. The van der Waals surface area contributed by atoms with Crippen molar-refractivity contribution in [2.45, 2.75) is 19.1 Å². The van der Waals surface area contributed by atoms with Crippen molar-refractivity contribution in [1.29, 1.82) is 5.41 Å². The van der Waals surface area contributed by atoms with Crippen LogP contribution in [-0.4, -0.2) is 56.3 Å². The van der Waals surface area contributed by atoms with Gasteiger partial charge in [-0.1, -0.05) is 6.92 Å². The van der Waals surface area contributed by atoms with E-state index in [0.717, 1.165) is 6.21 Å². The zero-order chi connectivity index (χ0) is 22.1. The quantitative estimate of drug-likeness (QED) is 0.453. The molecule has 0 amide bonds. The molecular weight excluding hydrogens is 390 g/mol. The molecule has 0 spiro atoms. The number of nitrogens with one attached hydrogen (secondary N) is 1. The Morgan fingerprint density at radius 2 is 1.40 bits per heavy atom. The van der Waals surface area contributed by atoms with Crippen LogP contribution in [0.1, 0.15) is 27.6 Å². The molecule has 0 unspecified atom stereocenters. The third-order valence-corrected chi connectivity index (χ3v) is 4.44. The molecule has 2 rings (SSSR count). The largest absolute Gasteiger partial charge is 0.497 e. The Hall–Kier alpha value is -3.39. The molecule has 0 heterocycles.